The Hall–Kier alpha value is -1.28. The molecule has 0 spiro atoms. The molecule has 1 unspecified atom stereocenters. The summed E-state index contributed by atoms with van der Waals surface area (Å²) in [6, 6.07) is 8.19. The van der Waals surface area contributed by atoms with Crippen LogP contribution < -0.4 is 15.8 Å². The zero-order chi connectivity index (χ0) is 15.8. The number of nitrogens with one attached hydrogen (secondary N) is 1. The van der Waals surface area contributed by atoms with Crippen molar-refractivity contribution in [1.82, 2.24) is 10.2 Å². The number of benzene rings is 1. The number of halogens is 1. The highest BCUT2D eigenvalue weighted by Gasteiger charge is 2.13. The van der Waals surface area contributed by atoms with E-state index in [1.54, 1.807) is 7.11 Å². The minimum atomic E-state index is 0. The third-order valence-electron chi connectivity index (χ3n) is 3.13. The van der Waals surface area contributed by atoms with E-state index >= 15 is 0 Å². The van der Waals surface area contributed by atoms with Crippen LogP contribution in [0.2, 0.25) is 0 Å². The molecule has 124 valence electrons. The summed E-state index contributed by atoms with van der Waals surface area (Å²) < 4.78 is 5.18. The van der Waals surface area contributed by atoms with Gasteiger partial charge in [0.25, 0.3) is 0 Å². The van der Waals surface area contributed by atoms with E-state index in [0.717, 1.165) is 11.3 Å². The Labute approximate surface area is 150 Å². The smallest absolute Gasteiger partial charge is 0.188 e. The van der Waals surface area contributed by atoms with Crippen molar-refractivity contribution in [3.05, 3.63) is 42.0 Å². The highest BCUT2D eigenvalue weighted by atomic mass is 127. The number of nitrogens with two attached hydrogens (primary N) is 1. The summed E-state index contributed by atoms with van der Waals surface area (Å²) in [7, 11) is 5.72. The van der Waals surface area contributed by atoms with Crippen LogP contribution in [-0.2, 0) is 0 Å². The zero-order valence-corrected chi connectivity index (χ0v) is 16.1. The van der Waals surface area contributed by atoms with E-state index in [-0.39, 0.29) is 30.0 Å². The molecule has 0 aliphatic carbocycles. The number of methoxy groups -OCH3 is 1. The maximum absolute atomic E-state index is 5.85. The van der Waals surface area contributed by atoms with Crippen molar-refractivity contribution in [2.24, 2.45) is 10.7 Å². The molecule has 22 heavy (non-hydrogen) atoms. The largest absolute Gasteiger partial charge is 0.497 e. The molecule has 1 aromatic rings. The second-order valence-electron chi connectivity index (χ2n) is 5.29. The van der Waals surface area contributed by atoms with Gasteiger partial charge in [0.05, 0.1) is 19.7 Å². The monoisotopic (exact) mass is 418 g/mol. The first-order valence-electron chi connectivity index (χ1n) is 6.92. The minimum absolute atomic E-state index is 0. The van der Waals surface area contributed by atoms with Gasteiger partial charge < -0.3 is 20.7 Å². The van der Waals surface area contributed by atoms with Crippen LogP contribution in [0.5, 0.6) is 5.75 Å². The van der Waals surface area contributed by atoms with Gasteiger partial charge in [0.15, 0.2) is 5.96 Å². The number of likely N-dealkylation sites (N-methyl/N-ethyl adjacent to an activating group) is 1. The summed E-state index contributed by atoms with van der Waals surface area (Å²) in [5.74, 6) is 1.29. The topological polar surface area (TPSA) is 62.9 Å². The molecule has 0 amide bonds. The van der Waals surface area contributed by atoms with Gasteiger partial charge in [0.2, 0.25) is 0 Å². The van der Waals surface area contributed by atoms with Crippen molar-refractivity contribution in [3.8, 4) is 5.75 Å². The molecule has 1 aromatic carbocycles. The van der Waals surface area contributed by atoms with Crippen LogP contribution in [0.1, 0.15) is 18.5 Å². The summed E-state index contributed by atoms with van der Waals surface area (Å²) in [6.45, 7) is 7.00. The van der Waals surface area contributed by atoms with Gasteiger partial charge in [-0.2, -0.15) is 0 Å². The molecule has 3 N–H and O–H groups in total. The Morgan fingerprint density at radius 2 is 1.95 bits per heavy atom. The van der Waals surface area contributed by atoms with E-state index in [0.29, 0.717) is 19.0 Å². The Morgan fingerprint density at radius 1 is 1.36 bits per heavy atom. The first kappa shape index (κ1) is 20.7. The van der Waals surface area contributed by atoms with Gasteiger partial charge in [0, 0.05) is 6.54 Å². The first-order valence-corrected chi connectivity index (χ1v) is 6.92. The molecule has 0 bridgehead atoms. The molecule has 0 saturated heterocycles. The van der Waals surface area contributed by atoms with Crippen molar-refractivity contribution in [2.45, 2.75) is 13.0 Å². The lowest BCUT2D eigenvalue weighted by atomic mass is 10.1. The number of rotatable bonds is 7. The minimum Gasteiger partial charge on any atom is -0.497 e. The highest BCUT2D eigenvalue weighted by molar-refractivity contribution is 14.0. The van der Waals surface area contributed by atoms with Crippen LogP contribution >= 0.6 is 24.0 Å². The zero-order valence-electron chi connectivity index (χ0n) is 13.8. The average molecular weight is 418 g/mol. The average Bonchev–Trinajstić information content (AvgIpc) is 2.45. The number of hydrogen-bond donors (Lipinski definition) is 2. The number of hydrogen-bond acceptors (Lipinski definition) is 3. The van der Waals surface area contributed by atoms with Crippen molar-refractivity contribution < 1.29 is 4.74 Å². The molecular formula is C16H27IN4O. The van der Waals surface area contributed by atoms with E-state index in [1.807, 2.05) is 33.2 Å². The molecule has 0 aromatic heterocycles. The molecule has 1 rings (SSSR count). The fraction of sp³-hybridized carbons (Fsp3) is 0.438. The van der Waals surface area contributed by atoms with Crippen LogP contribution in [0, 0.1) is 0 Å². The van der Waals surface area contributed by atoms with E-state index in [4.69, 9.17) is 10.5 Å². The maximum Gasteiger partial charge on any atom is 0.188 e. The second-order valence-corrected chi connectivity index (χ2v) is 5.29. The van der Waals surface area contributed by atoms with Crippen molar-refractivity contribution in [3.63, 3.8) is 0 Å². The van der Waals surface area contributed by atoms with Gasteiger partial charge in [-0.15, -0.1) is 24.0 Å². The number of ether oxygens (including phenoxy) is 1. The summed E-state index contributed by atoms with van der Waals surface area (Å²) >= 11 is 0. The number of guanidine groups is 1. The summed E-state index contributed by atoms with van der Waals surface area (Å²) in [5, 5.41) is 3.04. The van der Waals surface area contributed by atoms with Crippen LogP contribution in [0.15, 0.2) is 41.4 Å². The predicted molar refractivity (Wildman–Crippen MR) is 104 cm³/mol. The SMILES string of the molecule is C=C(C)CNC(N)=NCC(c1ccc(OC)cc1)N(C)C.I. The number of nitrogens with zero attached hydrogens (tertiary/aromatic N) is 2. The van der Waals surface area contributed by atoms with Gasteiger partial charge >= 0.3 is 0 Å². The molecule has 0 aliphatic rings. The van der Waals surface area contributed by atoms with Crippen molar-refractivity contribution in [1.29, 1.82) is 0 Å². The molecule has 5 nitrogen and oxygen atoms in total. The van der Waals surface area contributed by atoms with Crippen LogP contribution in [0.4, 0.5) is 0 Å². The molecular weight excluding hydrogens is 391 g/mol. The Kier molecular flexibility index (Phi) is 9.84. The van der Waals surface area contributed by atoms with Crippen molar-refractivity contribution >= 4 is 29.9 Å². The highest BCUT2D eigenvalue weighted by Crippen LogP contribution is 2.21. The lowest BCUT2D eigenvalue weighted by Gasteiger charge is -2.23. The van der Waals surface area contributed by atoms with E-state index in [2.05, 4.69) is 33.9 Å². The molecule has 1 atom stereocenters. The van der Waals surface area contributed by atoms with Crippen molar-refractivity contribution in [2.75, 3.05) is 34.3 Å². The van der Waals surface area contributed by atoms with Crippen LogP contribution in [0.25, 0.3) is 0 Å². The summed E-state index contributed by atoms with van der Waals surface area (Å²) in [6.07, 6.45) is 0. The maximum atomic E-state index is 5.85. The van der Waals surface area contributed by atoms with E-state index in [9.17, 15) is 0 Å². The van der Waals surface area contributed by atoms with Gasteiger partial charge in [0.1, 0.15) is 5.75 Å². The van der Waals surface area contributed by atoms with Gasteiger partial charge in [-0.25, -0.2) is 0 Å². The molecule has 0 saturated carbocycles. The van der Waals surface area contributed by atoms with E-state index in [1.165, 1.54) is 5.56 Å². The predicted octanol–water partition coefficient (Wildman–Crippen LogP) is 2.40. The Bertz CT molecular complexity index is 485. The van der Waals surface area contributed by atoms with Gasteiger partial charge in [-0.05, 0) is 38.7 Å². The molecule has 6 heteroatoms. The summed E-state index contributed by atoms with van der Waals surface area (Å²) in [5.41, 5.74) is 8.05. The fourth-order valence-corrected chi connectivity index (χ4v) is 1.88. The second kappa shape index (κ2) is 10.4. The van der Waals surface area contributed by atoms with Crippen LogP contribution in [0.3, 0.4) is 0 Å². The normalized spacial score (nSPS) is 12.5. The third-order valence-corrected chi connectivity index (χ3v) is 3.13. The first-order chi connectivity index (χ1) is 9.93. The molecule has 0 radical (unpaired) electrons. The lowest BCUT2D eigenvalue weighted by molar-refractivity contribution is 0.306. The standard InChI is InChI=1S/C16H26N4O.HI/c1-12(2)10-18-16(17)19-11-15(20(3)4)13-6-8-14(21-5)9-7-13;/h6-9,15H,1,10-11H2,2-5H3,(H3,17,18,19);1H. The Balaban J connectivity index is 0.00000441. The lowest BCUT2D eigenvalue weighted by Crippen LogP contribution is -2.34. The summed E-state index contributed by atoms with van der Waals surface area (Å²) in [4.78, 5) is 6.53. The molecule has 0 heterocycles. The van der Waals surface area contributed by atoms with E-state index < -0.39 is 0 Å². The van der Waals surface area contributed by atoms with Gasteiger partial charge in [-0.1, -0.05) is 24.3 Å². The quantitative estimate of drug-likeness (QED) is 0.309. The Morgan fingerprint density at radius 3 is 2.41 bits per heavy atom. The van der Waals surface area contributed by atoms with Gasteiger partial charge in [-0.3, -0.25) is 4.99 Å². The number of aliphatic imine (C=N–C) groups is 1. The fourth-order valence-electron chi connectivity index (χ4n) is 1.88. The third kappa shape index (κ3) is 7.13. The molecule has 0 fully saturated rings. The van der Waals surface area contributed by atoms with Crippen LogP contribution in [-0.4, -0.2) is 45.2 Å². The molecule has 0 aliphatic heterocycles.